The fourth-order valence-corrected chi connectivity index (χ4v) is 4.04. The van der Waals surface area contributed by atoms with E-state index in [1.807, 2.05) is 36.6 Å². The molecule has 0 aliphatic carbocycles. The molecular weight excluding hydrogens is 404 g/mol. The summed E-state index contributed by atoms with van der Waals surface area (Å²) in [5.41, 5.74) is 2.76. The molecular formula is C23H19ClN2O2S. The van der Waals surface area contributed by atoms with Gasteiger partial charge in [-0.1, -0.05) is 54.1 Å². The number of aryl methyl sites for hydroxylation is 1. The number of ether oxygens (including phenoxy) is 1. The number of aromatic nitrogens is 1. The Hall–Kier alpha value is -2.89. The normalized spacial score (nSPS) is 12.0. The molecule has 1 unspecified atom stereocenters. The number of halogens is 1. The molecule has 0 aliphatic heterocycles. The second-order valence-electron chi connectivity index (χ2n) is 6.72. The Labute approximate surface area is 178 Å². The minimum absolute atomic E-state index is 0.252. The molecule has 3 aromatic carbocycles. The SMILES string of the molecule is Cc1cc(Cl)ccc1OC(C)C(=O)Nc1nc(-c2cccc3ccccc23)cs1. The number of rotatable bonds is 5. The Morgan fingerprint density at radius 1 is 1.14 bits per heavy atom. The molecule has 4 nitrogen and oxygen atoms in total. The molecule has 4 aromatic rings. The Kier molecular flexibility index (Phi) is 5.51. The highest BCUT2D eigenvalue weighted by Crippen LogP contribution is 2.31. The number of amides is 1. The van der Waals surface area contributed by atoms with E-state index in [1.165, 1.54) is 11.3 Å². The molecule has 1 N–H and O–H groups in total. The van der Waals surface area contributed by atoms with Gasteiger partial charge >= 0.3 is 0 Å². The first kappa shape index (κ1) is 19.4. The summed E-state index contributed by atoms with van der Waals surface area (Å²) < 4.78 is 5.79. The second-order valence-corrected chi connectivity index (χ2v) is 8.02. The third kappa shape index (κ3) is 4.26. The van der Waals surface area contributed by atoms with E-state index in [-0.39, 0.29) is 5.91 Å². The maximum atomic E-state index is 12.6. The largest absolute Gasteiger partial charge is 0.481 e. The van der Waals surface area contributed by atoms with Gasteiger partial charge in [0.05, 0.1) is 5.69 Å². The van der Waals surface area contributed by atoms with E-state index in [0.717, 1.165) is 27.6 Å². The molecule has 0 fully saturated rings. The molecule has 146 valence electrons. The van der Waals surface area contributed by atoms with Crippen LogP contribution < -0.4 is 10.1 Å². The molecule has 6 heteroatoms. The summed E-state index contributed by atoms with van der Waals surface area (Å²) in [6.45, 7) is 3.60. The number of anilines is 1. The van der Waals surface area contributed by atoms with Crippen LogP contribution in [0.4, 0.5) is 5.13 Å². The van der Waals surface area contributed by atoms with Crippen molar-refractivity contribution in [1.82, 2.24) is 4.98 Å². The van der Waals surface area contributed by atoms with Crippen LogP contribution in [-0.4, -0.2) is 17.0 Å². The van der Waals surface area contributed by atoms with Crippen molar-refractivity contribution in [3.63, 3.8) is 0 Å². The molecule has 0 aliphatic rings. The van der Waals surface area contributed by atoms with Gasteiger partial charge < -0.3 is 4.74 Å². The standard InChI is InChI=1S/C23H19ClN2O2S/c1-14-12-17(24)10-11-21(14)28-15(2)22(27)26-23-25-20(13-29-23)19-9-5-7-16-6-3-4-8-18(16)19/h3-13,15H,1-2H3,(H,25,26,27). The third-order valence-electron chi connectivity index (χ3n) is 4.61. The summed E-state index contributed by atoms with van der Waals surface area (Å²) in [4.78, 5) is 17.2. The number of carbonyl (C=O) groups excluding carboxylic acids is 1. The van der Waals surface area contributed by atoms with E-state index in [9.17, 15) is 4.79 Å². The van der Waals surface area contributed by atoms with Gasteiger partial charge in [-0.15, -0.1) is 11.3 Å². The average Bonchev–Trinajstić information content (AvgIpc) is 3.17. The van der Waals surface area contributed by atoms with Gasteiger partial charge in [0, 0.05) is 16.0 Å². The van der Waals surface area contributed by atoms with Gasteiger partial charge in [0.1, 0.15) is 5.75 Å². The molecule has 4 rings (SSSR count). The van der Waals surface area contributed by atoms with Crippen LogP contribution in [0.15, 0.2) is 66.0 Å². The number of thiazole rings is 1. The minimum Gasteiger partial charge on any atom is -0.481 e. The number of fused-ring (bicyclic) bond motifs is 1. The average molecular weight is 423 g/mol. The lowest BCUT2D eigenvalue weighted by Crippen LogP contribution is -2.30. The number of nitrogens with zero attached hydrogens (tertiary/aromatic N) is 1. The molecule has 0 saturated carbocycles. The highest BCUT2D eigenvalue weighted by molar-refractivity contribution is 7.14. The Morgan fingerprint density at radius 2 is 1.93 bits per heavy atom. The zero-order chi connectivity index (χ0) is 20.4. The quantitative estimate of drug-likeness (QED) is 0.408. The smallest absolute Gasteiger partial charge is 0.266 e. The molecule has 0 saturated heterocycles. The van der Waals surface area contributed by atoms with Gasteiger partial charge in [0.25, 0.3) is 5.91 Å². The molecule has 0 spiro atoms. The van der Waals surface area contributed by atoms with Crippen molar-refractivity contribution in [2.24, 2.45) is 0 Å². The highest BCUT2D eigenvalue weighted by Gasteiger charge is 2.18. The van der Waals surface area contributed by atoms with Gasteiger partial charge in [-0.2, -0.15) is 0 Å². The van der Waals surface area contributed by atoms with Crippen molar-refractivity contribution in [2.75, 3.05) is 5.32 Å². The summed E-state index contributed by atoms with van der Waals surface area (Å²) in [7, 11) is 0. The molecule has 1 atom stereocenters. The monoisotopic (exact) mass is 422 g/mol. The number of carbonyl (C=O) groups is 1. The summed E-state index contributed by atoms with van der Waals surface area (Å²) in [5.74, 6) is 0.380. The van der Waals surface area contributed by atoms with Crippen LogP contribution in [0.5, 0.6) is 5.75 Å². The van der Waals surface area contributed by atoms with E-state index in [0.29, 0.717) is 15.9 Å². The number of benzene rings is 3. The fourth-order valence-electron chi connectivity index (χ4n) is 3.10. The van der Waals surface area contributed by atoms with E-state index < -0.39 is 6.10 Å². The molecule has 1 amide bonds. The van der Waals surface area contributed by atoms with E-state index in [4.69, 9.17) is 16.3 Å². The molecule has 0 radical (unpaired) electrons. The van der Waals surface area contributed by atoms with E-state index in [1.54, 1.807) is 25.1 Å². The van der Waals surface area contributed by atoms with Crippen LogP contribution >= 0.6 is 22.9 Å². The topological polar surface area (TPSA) is 51.2 Å². The lowest BCUT2D eigenvalue weighted by atomic mass is 10.0. The van der Waals surface area contributed by atoms with Gasteiger partial charge in [-0.25, -0.2) is 4.98 Å². The number of hydrogen-bond donors (Lipinski definition) is 1. The summed E-state index contributed by atoms with van der Waals surface area (Å²) >= 11 is 7.36. The lowest BCUT2D eigenvalue weighted by Gasteiger charge is -2.15. The van der Waals surface area contributed by atoms with E-state index in [2.05, 4.69) is 28.5 Å². The van der Waals surface area contributed by atoms with Gasteiger partial charge in [0.2, 0.25) is 0 Å². The van der Waals surface area contributed by atoms with Crippen molar-refractivity contribution in [3.8, 4) is 17.0 Å². The van der Waals surface area contributed by atoms with Crippen LogP contribution in [-0.2, 0) is 4.79 Å². The fraction of sp³-hybridized carbons (Fsp3) is 0.130. The summed E-state index contributed by atoms with van der Waals surface area (Å²) in [6, 6.07) is 19.6. The van der Waals surface area contributed by atoms with Crippen molar-refractivity contribution in [2.45, 2.75) is 20.0 Å². The van der Waals surface area contributed by atoms with Crippen LogP contribution in [0.3, 0.4) is 0 Å². The Bertz CT molecular complexity index is 1180. The van der Waals surface area contributed by atoms with E-state index >= 15 is 0 Å². The molecule has 1 heterocycles. The first-order valence-electron chi connectivity index (χ1n) is 9.18. The van der Waals surface area contributed by atoms with Gasteiger partial charge in [-0.3, -0.25) is 10.1 Å². The number of nitrogens with one attached hydrogen (secondary N) is 1. The first-order chi connectivity index (χ1) is 14.0. The van der Waals surface area contributed by atoms with Crippen LogP contribution in [0.1, 0.15) is 12.5 Å². The van der Waals surface area contributed by atoms with Crippen LogP contribution in [0.2, 0.25) is 5.02 Å². The zero-order valence-electron chi connectivity index (χ0n) is 16.0. The maximum Gasteiger partial charge on any atom is 0.266 e. The van der Waals surface area contributed by atoms with Crippen molar-refractivity contribution < 1.29 is 9.53 Å². The Morgan fingerprint density at radius 3 is 2.76 bits per heavy atom. The maximum absolute atomic E-state index is 12.6. The molecule has 0 bridgehead atoms. The van der Waals surface area contributed by atoms with Crippen molar-refractivity contribution >= 4 is 44.7 Å². The van der Waals surface area contributed by atoms with Crippen molar-refractivity contribution in [3.05, 3.63) is 76.6 Å². The molecule has 1 aromatic heterocycles. The first-order valence-corrected chi connectivity index (χ1v) is 10.4. The molecule has 29 heavy (non-hydrogen) atoms. The van der Waals surface area contributed by atoms with Gasteiger partial charge in [0.15, 0.2) is 11.2 Å². The van der Waals surface area contributed by atoms with Gasteiger partial charge in [-0.05, 0) is 48.4 Å². The predicted molar refractivity (Wildman–Crippen MR) is 120 cm³/mol. The second kappa shape index (κ2) is 8.23. The van der Waals surface area contributed by atoms with Crippen LogP contribution in [0.25, 0.3) is 22.0 Å². The zero-order valence-corrected chi connectivity index (χ0v) is 17.6. The highest BCUT2D eigenvalue weighted by atomic mass is 35.5. The Balaban J connectivity index is 1.49. The van der Waals surface area contributed by atoms with Crippen LogP contribution in [0, 0.1) is 6.92 Å². The summed E-state index contributed by atoms with van der Waals surface area (Å²) in [6.07, 6.45) is -0.667. The minimum atomic E-state index is -0.667. The predicted octanol–water partition coefficient (Wildman–Crippen LogP) is 6.33. The summed E-state index contributed by atoms with van der Waals surface area (Å²) in [5, 5.41) is 8.27. The number of hydrogen-bond acceptors (Lipinski definition) is 4. The lowest BCUT2D eigenvalue weighted by molar-refractivity contribution is -0.122. The van der Waals surface area contributed by atoms with Crippen molar-refractivity contribution in [1.29, 1.82) is 0 Å². The third-order valence-corrected chi connectivity index (χ3v) is 5.60.